The van der Waals surface area contributed by atoms with E-state index in [2.05, 4.69) is 72.6 Å². The largest absolute Gasteiger partial charge is 0.481 e. The molecule has 11 atom stereocenters. The number of hydrogen-bond acceptors (Lipinski definition) is 5. The van der Waals surface area contributed by atoms with Gasteiger partial charge in [-0.25, -0.2) is 4.79 Å². The first-order chi connectivity index (χ1) is 23.5. The molecule has 5 saturated carbocycles. The van der Waals surface area contributed by atoms with Gasteiger partial charge in [-0.15, -0.1) is 0 Å². The van der Waals surface area contributed by atoms with Crippen molar-refractivity contribution in [3.05, 3.63) is 12.2 Å². The average molecular weight is 711 g/mol. The number of carbonyl (C=O) groups is 4. The zero-order valence-corrected chi connectivity index (χ0v) is 33.8. The third-order valence-corrected chi connectivity index (χ3v) is 16.6. The minimum absolute atomic E-state index is 0.0112. The highest BCUT2D eigenvalue weighted by atomic mass is 16.5. The van der Waals surface area contributed by atoms with Crippen molar-refractivity contribution in [3.63, 3.8) is 0 Å². The number of nitrogens with one attached hydrogen (secondary N) is 2. The van der Waals surface area contributed by atoms with E-state index in [1.807, 2.05) is 0 Å². The molecule has 8 nitrogen and oxygen atoms in total. The number of fused-ring (bicyclic) bond motifs is 7. The van der Waals surface area contributed by atoms with Crippen LogP contribution in [-0.4, -0.2) is 48.1 Å². The normalized spacial score (nSPS) is 40.5. The summed E-state index contributed by atoms with van der Waals surface area (Å²) in [5, 5.41) is 16.2. The zero-order chi connectivity index (χ0) is 38.1. The van der Waals surface area contributed by atoms with E-state index >= 15 is 0 Å². The molecule has 0 aromatic rings. The lowest BCUT2D eigenvalue weighted by molar-refractivity contribution is -0.238. The molecule has 0 bridgehead atoms. The highest BCUT2D eigenvalue weighted by Gasteiger charge is 2.72. The Bertz CT molecular complexity index is 1420. The molecule has 288 valence electrons. The van der Waals surface area contributed by atoms with Crippen LogP contribution in [0.3, 0.4) is 0 Å². The standard InChI is InChI=1S/C43H70N2O6/c1-25(2)23-29(35(47)51-12)44-36(48)43-20-15-27(26(3)4)34(43)28-13-14-31-40(9)18-17-32(45-33(46)24-38(5,6)37(49)50)39(7,8)30(40)16-19-42(31,11)41(28,10)21-22-43/h25,27-32,34H,3,13-24H2,1-2,4-12H3,(H,44,48)(H,45,46)(H,49,50)/t27-,28+,29-,30-,31+,32-,34+,40-,41+,42+,43-/m0/s1. The third kappa shape index (κ3) is 6.28. The minimum atomic E-state index is -1.10. The van der Waals surface area contributed by atoms with Gasteiger partial charge in [0.1, 0.15) is 6.04 Å². The molecule has 5 aliphatic rings. The Morgan fingerprint density at radius 3 is 2.14 bits per heavy atom. The minimum Gasteiger partial charge on any atom is -0.481 e. The van der Waals surface area contributed by atoms with E-state index in [1.165, 1.54) is 12.7 Å². The van der Waals surface area contributed by atoms with Gasteiger partial charge in [-0.1, -0.05) is 60.6 Å². The van der Waals surface area contributed by atoms with E-state index in [-0.39, 0.29) is 63.7 Å². The van der Waals surface area contributed by atoms with Crippen LogP contribution in [0.2, 0.25) is 0 Å². The number of ether oxygens (including phenoxy) is 1. The number of aliphatic carboxylic acids is 1. The number of hydrogen-bond donors (Lipinski definition) is 3. The molecule has 0 saturated heterocycles. The van der Waals surface area contributed by atoms with Crippen molar-refractivity contribution in [2.24, 2.45) is 68.0 Å². The van der Waals surface area contributed by atoms with Gasteiger partial charge in [0.25, 0.3) is 0 Å². The fourth-order valence-corrected chi connectivity index (χ4v) is 13.7. The van der Waals surface area contributed by atoms with Crippen LogP contribution in [0, 0.1) is 68.0 Å². The summed E-state index contributed by atoms with van der Waals surface area (Å²) in [7, 11) is 1.41. The number of carboxylic acid groups (broad SMARTS) is 1. The number of rotatable bonds is 10. The Kier molecular flexibility index (Phi) is 10.5. The van der Waals surface area contributed by atoms with E-state index in [0.29, 0.717) is 30.1 Å². The van der Waals surface area contributed by atoms with Gasteiger partial charge in [-0.2, -0.15) is 0 Å². The molecule has 0 aromatic carbocycles. The maximum absolute atomic E-state index is 14.6. The topological polar surface area (TPSA) is 122 Å². The Morgan fingerprint density at radius 1 is 0.882 bits per heavy atom. The van der Waals surface area contributed by atoms with Gasteiger partial charge in [0.15, 0.2) is 0 Å². The lowest BCUT2D eigenvalue weighted by Gasteiger charge is -2.73. The van der Waals surface area contributed by atoms with E-state index in [9.17, 15) is 24.3 Å². The van der Waals surface area contributed by atoms with Crippen LogP contribution in [0.15, 0.2) is 12.2 Å². The van der Waals surface area contributed by atoms with Gasteiger partial charge in [0, 0.05) is 12.5 Å². The van der Waals surface area contributed by atoms with Crippen LogP contribution in [0.4, 0.5) is 0 Å². The van der Waals surface area contributed by atoms with Crippen molar-refractivity contribution in [1.82, 2.24) is 10.6 Å². The van der Waals surface area contributed by atoms with Gasteiger partial charge in [0.2, 0.25) is 11.8 Å². The summed E-state index contributed by atoms with van der Waals surface area (Å²) in [6.07, 6.45) is 10.6. The van der Waals surface area contributed by atoms with Gasteiger partial charge in [0.05, 0.1) is 17.9 Å². The van der Waals surface area contributed by atoms with Crippen LogP contribution in [-0.2, 0) is 23.9 Å². The van der Waals surface area contributed by atoms with E-state index in [1.54, 1.807) is 13.8 Å². The first-order valence-corrected chi connectivity index (χ1v) is 20.1. The SMILES string of the molecule is C=C(C)[C@@H]1CC[C@]2(C(=O)N[C@@H](CC(C)C)C(=O)OC)CC[C@]3(C)[C@H](CC[C@@H]4[C@@]5(C)CC[C@H](NC(=O)CC(C)(C)C(=O)O)C(C)(C)[C@@H]5CC[C@]43C)[C@@H]12. The van der Waals surface area contributed by atoms with Crippen molar-refractivity contribution < 1.29 is 29.0 Å². The van der Waals surface area contributed by atoms with Gasteiger partial charge in [-0.3, -0.25) is 14.4 Å². The second-order valence-corrected chi connectivity index (χ2v) is 20.4. The number of allylic oxidation sites excluding steroid dienone is 1. The van der Waals surface area contributed by atoms with Crippen LogP contribution in [0.25, 0.3) is 0 Å². The van der Waals surface area contributed by atoms with E-state index in [0.717, 1.165) is 64.2 Å². The van der Waals surface area contributed by atoms with E-state index < -0.39 is 22.8 Å². The summed E-state index contributed by atoms with van der Waals surface area (Å²) < 4.78 is 5.15. The Morgan fingerprint density at radius 2 is 1.55 bits per heavy atom. The Hall–Kier alpha value is -2.38. The molecule has 2 amide bonds. The molecule has 5 fully saturated rings. The van der Waals surface area contributed by atoms with Gasteiger partial charge < -0.3 is 20.5 Å². The summed E-state index contributed by atoms with van der Waals surface area (Å²) >= 11 is 0. The molecule has 5 aliphatic carbocycles. The van der Waals surface area contributed by atoms with Crippen molar-refractivity contribution >= 4 is 23.8 Å². The van der Waals surface area contributed by atoms with Crippen molar-refractivity contribution in [2.45, 2.75) is 158 Å². The highest BCUT2D eigenvalue weighted by Crippen LogP contribution is 2.77. The first-order valence-electron chi connectivity index (χ1n) is 20.1. The Balaban J connectivity index is 1.43. The maximum atomic E-state index is 14.6. The van der Waals surface area contributed by atoms with Crippen LogP contribution < -0.4 is 10.6 Å². The van der Waals surface area contributed by atoms with Crippen LogP contribution in [0.5, 0.6) is 0 Å². The molecule has 3 N–H and O–H groups in total. The first kappa shape index (κ1) is 39.8. The molecule has 51 heavy (non-hydrogen) atoms. The lowest BCUT2D eigenvalue weighted by atomic mass is 9.32. The molecule has 0 aliphatic heterocycles. The second-order valence-electron chi connectivity index (χ2n) is 20.4. The summed E-state index contributed by atoms with van der Waals surface area (Å²) in [5.41, 5.74) is -0.264. The molecule has 0 unspecified atom stereocenters. The molecule has 8 heteroatoms. The van der Waals surface area contributed by atoms with Crippen molar-refractivity contribution in [2.75, 3.05) is 7.11 Å². The second kappa shape index (κ2) is 13.5. The van der Waals surface area contributed by atoms with Gasteiger partial charge >= 0.3 is 11.9 Å². The summed E-state index contributed by atoms with van der Waals surface area (Å²) in [5.74, 6) is 0.672. The van der Waals surface area contributed by atoms with Crippen LogP contribution in [0.1, 0.15) is 146 Å². The molecule has 0 radical (unpaired) electrons. The molecular formula is C43H70N2O6. The number of methoxy groups -OCH3 is 1. The maximum Gasteiger partial charge on any atom is 0.328 e. The van der Waals surface area contributed by atoms with Crippen LogP contribution >= 0.6 is 0 Å². The molecule has 0 spiro atoms. The van der Waals surface area contributed by atoms with Gasteiger partial charge in [-0.05, 0) is 149 Å². The third-order valence-electron chi connectivity index (χ3n) is 16.6. The quantitative estimate of drug-likeness (QED) is 0.155. The summed E-state index contributed by atoms with van der Waals surface area (Å²) in [6.45, 7) is 26.4. The number of esters is 1. The lowest BCUT2D eigenvalue weighted by Crippen LogP contribution is -2.68. The predicted molar refractivity (Wildman–Crippen MR) is 200 cm³/mol. The molecule has 0 aromatic heterocycles. The Labute approximate surface area is 308 Å². The van der Waals surface area contributed by atoms with Crippen molar-refractivity contribution in [3.8, 4) is 0 Å². The average Bonchev–Trinajstić information content (AvgIpc) is 3.43. The van der Waals surface area contributed by atoms with E-state index in [4.69, 9.17) is 4.74 Å². The zero-order valence-electron chi connectivity index (χ0n) is 33.8. The van der Waals surface area contributed by atoms with Crippen molar-refractivity contribution in [1.29, 1.82) is 0 Å². The number of amides is 2. The highest BCUT2D eigenvalue weighted by molar-refractivity contribution is 5.89. The number of carboxylic acids is 1. The molecule has 0 heterocycles. The number of carbonyl (C=O) groups excluding carboxylic acids is 3. The predicted octanol–water partition coefficient (Wildman–Crippen LogP) is 8.33. The monoisotopic (exact) mass is 711 g/mol. The summed E-state index contributed by atoms with van der Waals surface area (Å²) in [6, 6.07) is -0.623. The fourth-order valence-electron chi connectivity index (χ4n) is 13.7. The molecular weight excluding hydrogens is 640 g/mol. The summed E-state index contributed by atoms with van der Waals surface area (Å²) in [4.78, 5) is 52.5. The fraction of sp³-hybridized carbons (Fsp3) is 0.860. The smallest absolute Gasteiger partial charge is 0.328 e. The molecule has 5 rings (SSSR count).